The van der Waals surface area contributed by atoms with Crippen LogP contribution >= 0.6 is 11.6 Å². The quantitative estimate of drug-likeness (QED) is 0.770. The molecule has 1 aromatic rings. The summed E-state index contributed by atoms with van der Waals surface area (Å²) in [5.41, 5.74) is -0.0113. The van der Waals surface area contributed by atoms with Gasteiger partial charge in [0.2, 0.25) is 0 Å². The van der Waals surface area contributed by atoms with E-state index in [1.807, 2.05) is 0 Å². The second-order valence-electron chi connectivity index (χ2n) is 4.19. The van der Waals surface area contributed by atoms with Crippen molar-refractivity contribution in [2.24, 2.45) is 5.41 Å². The molecular weight excluding hydrogens is 216 g/mol. The maximum atomic E-state index is 10.1. The highest BCUT2D eigenvalue weighted by atomic mass is 35.5. The summed E-state index contributed by atoms with van der Waals surface area (Å²) < 4.78 is 5.48. The topological polar surface area (TPSA) is 49.7 Å². The lowest BCUT2D eigenvalue weighted by molar-refractivity contribution is -0.0526. The normalized spacial score (nSPS) is 29.5. The van der Waals surface area contributed by atoms with Crippen LogP contribution in [0.2, 0.25) is 5.02 Å². The van der Waals surface area contributed by atoms with Crippen molar-refractivity contribution >= 4 is 11.6 Å². The predicted molar refractivity (Wildman–Crippen MR) is 57.1 cm³/mol. The molecule has 0 radical (unpaired) electrons. The van der Waals surface area contributed by atoms with E-state index in [2.05, 4.69) is 0 Å². The molecule has 1 aliphatic rings. The molecule has 1 aromatic carbocycles. The first-order valence-electron chi connectivity index (χ1n) is 4.78. The summed E-state index contributed by atoms with van der Waals surface area (Å²) in [4.78, 5) is 0. The Morgan fingerprint density at radius 2 is 2.33 bits per heavy atom. The van der Waals surface area contributed by atoms with Crippen molar-refractivity contribution in [3.63, 3.8) is 0 Å². The van der Waals surface area contributed by atoms with Crippen LogP contribution in [0.4, 0.5) is 0 Å². The lowest BCUT2D eigenvalue weighted by Crippen LogP contribution is -2.39. The van der Waals surface area contributed by atoms with Crippen LogP contribution in [0, 0.1) is 5.41 Å². The molecule has 0 fully saturated rings. The van der Waals surface area contributed by atoms with Gasteiger partial charge < -0.3 is 14.9 Å². The summed E-state index contributed by atoms with van der Waals surface area (Å²) in [5.74, 6) is 0.637. The molecule has 2 rings (SSSR count). The Labute approximate surface area is 93.3 Å². The van der Waals surface area contributed by atoms with Crippen molar-refractivity contribution in [2.45, 2.75) is 13.0 Å². The van der Waals surface area contributed by atoms with Crippen molar-refractivity contribution in [3.05, 3.63) is 28.8 Å². The van der Waals surface area contributed by atoms with E-state index >= 15 is 0 Å². The molecular formula is C11H13ClO3. The van der Waals surface area contributed by atoms with Gasteiger partial charge in [0.05, 0.1) is 24.7 Å². The van der Waals surface area contributed by atoms with E-state index < -0.39 is 11.5 Å². The number of ether oxygens (including phenoxy) is 1. The Bertz CT molecular complexity index is 380. The van der Waals surface area contributed by atoms with Gasteiger partial charge in [0, 0.05) is 10.6 Å². The second kappa shape index (κ2) is 3.67. The van der Waals surface area contributed by atoms with Crippen LogP contribution in [0.3, 0.4) is 0 Å². The summed E-state index contributed by atoms with van der Waals surface area (Å²) in [5, 5.41) is 19.9. The van der Waals surface area contributed by atoms with E-state index in [1.54, 1.807) is 25.1 Å². The second-order valence-corrected chi connectivity index (χ2v) is 4.62. The minimum absolute atomic E-state index is 0.125. The summed E-state index contributed by atoms with van der Waals surface area (Å²) in [6.45, 7) is 1.96. The number of rotatable bonds is 1. The van der Waals surface area contributed by atoms with Gasteiger partial charge in [0.25, 0.3) is 0 Å². The van der Waals surface area contributed by atoms with Gasteiger partial charge in [-0.3, -0.25) is 0 Å². The monoisotopic (exact) mass is 228 g/mol. The van der Waals surface area contributed by atoms with Crippen LogP contribution in [0.1, 0.15) is 18.6 Å². The molecule has 2 atom stereocenters. The van der Waals surface area contributed by atoms with Crippen LogP contribution in [0.5, 0.6) is 5.75 Å². The van der Waals surface area contributed by atoms with Crippen molar-refractivity contribution < 1.29 is 14.9 Å². The Morgan fingerprint density at radius 1 is 1.60 bits per heavy atom. The molecule has 2 N–H and O–H groups in total. The number of hydrogen-bond acceptors (Lipinski definition) is 3. The first-order chi connectivity index (χ1) is 7.07. The third-order valence-corrected chi connectivity index (χ3v) is 3.08. The fraction of sp³-hybridized carbons (Fsp3) is 0.455. The van der Waals surface area contributed by atoms with E-state index in [4.69, 9.17) is 16.3 Å². The number of fused-ring (bicyclic) bond motifs is 1. The average molecular weight is 229 g/mol. The van der Waals surface area contributed by atoms with E-state index in [-0.39, 0.29) is 6.61 Å². The lowest BCUT2D eigenvalue weighted by atomic mass is 9.80. The van der Waals surface area contributed by atoms with Crippen molar-refractivity contribution in [1.29, 1.82) is 0 Å². The van der Waals surface area contributed by atoms with Gasteiger partial charge in [-0.25, -0.2) is 0 Å². The summed E-state index contributed by atoms with van der Waals surface area (Å²) in [6, 6.07) is 5.13. The van der Waals surface area contributed by atoms with E-state index in [9.17, 15) is 10.2 Å². The first-order valence-corrected chi connectivity index (χ1v) is 5.16. The highest BCUT2D eigenvalue weighted by molar-refractivity contribution is 6.30. The summed E-state index contributed by atoms with van der Waals surface area (Å²) >= 11 is 5.85. The molecule has 0 bridgehead atoms. The van der Waals surface area contributed by atoms with Crippen LogP contribution in [-0.4, -0.2) is 23.4 Å². The molecule has 4 heteroatoms. The highest BCUT2D eigenvalue weighted by Crippen LogP contribution is 2.43. The Kier molecular flexibility index (Phi) is 2.63. The number of aliphatic hydroxyl groups is 2. The van der Waals surface area contributed by atoms with Crippen LogP contribution < -0.4 is 4.74 Å². The van der Waals surface area contributed by atoms with E-state index in [0.717, 1.165) is 0 Å². The molecule has 1 aliphatic heterocycles. The number of hydrogen-bond donors (Lipinski definition) is 2. The lowest BCUT2D eigenvalue weighted by Gasteiger charge is -2.37. The van der Waals surface area contributed by atoms with Crippen molar-refractivity contribution in [3.8, 4) is 5.75 Å². The highest BCUT2D eigenvalue weighted by Gasteiger charge is 2.39. The minimum Gasteiger partial charge on any atom is -0.492 e. The van der Waals surface area contributed by atoms with E-state index in [0.29, 0.717) is 22.9 Å². The Balaban J connectivity index is 2.45. The van der Waals surface area contributed by atoms with Gasteiger partial charge in [0.15, 0.2) is 0 Å². The molecule has 2 unspecified atom stereocenters. The number of aliphatic hydroxyl groups excluding tert-OH is 2. The summed E-state index contributed by atoms with van der Waals surface area (Å²) in [7, 11) is 0. The largest absolute Gasteiger partial charge is 0.492 e. The van der Waals surface area contributed by atoms with E-state index in [1.165, 1.54) is 0 Å². The molecule has 0 aromatic heterocycles. The zero-order valence-electron chi connectivity index (χ0n) is 8.40. The number of halogens is 1. The number of benzene rings is 1. The van der Waals surface area contributed by atoms with Crippen molar-refractivity contribution in [1.82, 2.24) is 0 Å². The van der Waals surface area contributed by atoms with Gasteiger partial charge in [-0.05, 0) is 18.2 Å². The smallest absolute Gasteiger partial charge is 0.125 e. The maximum Gasteiger partial charge on any atom is 0.125 e. The average Bonchev–Trinajstić information content (AvgIpc) is 2.24. The fourth-order valence-electron chi connectivity index (χ4n) is 1.69. The molecule has 15 heavy (non-hydrogen) atoms. The molecule has 0 amide bonds. The van der Waals surface area contributed by atoms with Gasteiger partial charge in [-0.1, -0.05) is 18.5 Å². The molecule has 3 nitrogen and oxygen atoms in total. The zero-order valence-corrected chi connectivity index (χ0v) is 9.16. The third-order valence-electron chi connectivity index (χ3n) is 2.85. The van der Waals surface area contributed by atoms with Gasteiger partial charge in [-0.15, -0.1) is 0 Å². The van der Waals surface area contributed by atoms with Gasteiger partial charge in [-0.2, -0.15) is 0 Å². The molecule has 1 heterocycles. The van der Waals surface area contributed by atoms with Crippen molar-refractivity contribution in [2.75, 3.05) is 13.2 Å². The third kappa shape index (κ3) is 1.71. The van der Waals surface area contributed by atoms with Crippen LogP contribution in [-0.2, 0) is 0 Å². The van der Waals surface area contributed by atoms with Crippen LogP contribution in [0.25, 0.3) is 0 Å². The standard InChI is InChI=1S/C11H13ClO3/c1-11(5-13)6-15-9-3-2-7(12)4-8(9)10(11)14/h2-4,10,13-14H,5-6H2,1H3. The summed E-state index contributed by atoms with van der Waals surface area (Å²) in [6.07, 6.45) is -0.745. The minimum atomic E-state index is -0.745. The maximum absolute atomic E-state index is 10.1. The van der Waals surface area contributed by atoms with Gasteiger partial charge in [0.1, 0.15) is 5.75 Å². The molecule has 82 valence electrons. The molecule has 0 aliphatic carbocycles. The SMILES string of the molecule is CC1(CO)COc2ccc(Cl)cc2C1O. The Hall–Kier alpha value is -0.770. The fourth-order valence-corrected chi connectivity index (χ4v) is 1.87. The first kappa shape index (κ1) is 10.7. The predicted octanol–water partition coefficient (Wildman–Crippen LogP) is 1.76. The molecule has 0 saturated heterocycles. The molecule has 0 saturated carbocycles. The zero-order chi connectivity index (χ0) is 11.1. The van der Waals surface area contributed by atoms with Crippen LogP contribution in [0.15, 0.2) is 18.2 Å². The molecule has 0 spiro atoms. The van der Waals surface area contributed by atoms with Gasteiger partial charge >= 0.3 is 0 Å². The Morgan fingerprint density at radius 3 is 3.00 bits per heavy atom.